The first kappa shape index (κ1) is 14.6. The molecule has 0 aliphatic carbocycles. The van der Waals surface area contributed by atoms with Gasteiger partial charge < -0.3 is 14.5 Å². The highest BCUT2D eigenvalue weighted by Gasteiger charge is 2.56. The molecule has 0 saturated carbocycles. The topological polar surface area (TPSA) is 49.9 Å². The summed E-state index contributed by atoms with van der Waals surface area (Å²) in [5, 5.41) is 0. The van der Waals surface area contributed by atoms with Gasteiger partial charge in [0.1, 0.15) is 0 Å². The lowest BCUT2D eigenvalue weighted by Crippen LogP contribution is -2.41. The van der Waals surface area contributed by atoms with Crippen LogP contribution >= 0.6 is 0 Å². The van der Waals surface area contributed by atoms with E-state index < -0.39 is 0 Å². The van der Waals surface area contributed by atoms with Crippen molar-refractivity contribution < 1.29 is 14.3 Å². The molecule has 3 saturated heterocycles. The summed E-state index contributed by atoms with van der Waals surface area (Å²) in [6.07, 6.45) is 3.44. The Morgan fingerprint density at radius 3 is 3.05 bits per heavy atom. The summed E-state index contributed by atoms with van der Waals surface area (Å²) in [5.74, 6) is 0.596. The summed E-state index contributed by atoms with van der Waals surface area (Å²) in [6.45, 7) is 9.70. The molecule has 3 aliphatic heterocycles. The molecule has 1 unspecified atom stereocenters. The lowest BCUT2D eigenvalue weighted by Gasteiger charge is -2.26. The highest BCUT2D eigenvalue weighted by molar-refractivity contribution is 5.88. The fraction of sp³-hybridized carbons (Fsp3) is 0.750. The average Bonchev–Trinajstić information content (AvgIpc) is 3.16. The van der Waals surface area contributed by atoms with Crippen LogP contribution in [0.1, 0.15) is 19.8 Å². The Kier molecular flexibility index (Phi) is 3.78. The Morgan fingerprint density at radius 2 is 2.38 bits per heavy atom. The maximum absolute atomic E-state index is 12.7. The first-order chi connectivity index (χ1) is 10.1. The summed E-state index contributed by atoms with van der Waals surface area (Å²) < 4.78 is 5.32. The van der Waals surface area contributed by atoms with Gasteiger partial charge in [-0.2, -0.15) is 0 Å². The summed E-state index contributed by atoms with van der Waals surface area (Å²) in [4.78, 5) is 29.1. The Labute approximate surface area is 125 Å². The van der Waals surface area contributed by atoms with Crippen LogP contribution in [0.4, 0.5) is 0 Å². The van der Waals surface area contributed by atoms with Gasteiger partial charge in [-0.25, -0.2) is 0 Å². The molecule has 1 spiro atoms. The number of hydrogen-bond acceptors (Lipinski definition) is 3. The van der Waals surface area contributed by atoms with Crippen LogP contribution < -0.4 is 0 Å². The van der Waals surface area contributed by atoms with E-state index in [2.05, 4.69) is 13.5 Å². The van der Waals surface area contributed by atoms with Crippen molar-refractivity contribution in [3.63, 3.8) is 0 Å². The summed E-state index contributed by atoms with van der Waals surface area (Å²) in [7, 11) is 0. The van der Waals surface area contributed by atoms with Crippen LogP contribution in [0.15, 0.2) is 12.7 Å². The monoisotopic (exact) mass is 292 g/mol. The molecular weight excluding hydrogens is 268 g/mol. The molecule has 3 heterocycles. The van der Waals surface area contributed by atoms with Gasteiger partial charge >= 0.3 is 0 Å². The van der Waals surface area contributed by atoms with E-state index in [0.29, 0.717) is 32.8 Å². The van der Waals surface area contributed by atoms with Crippen molar-refractivity contribution >= 4 is 11.8 Å². The van der Waals surface area contributed by atoms with Gasteiger partial charge in [-0.3, -0.25) is 9.59 Å². The summed E-state index contributed by atoms with van der Waals surface area (Å²) in [6, 6.07) is 0. The molecule has 5 heteroatoms. The fourth-order valence-electron chi connectivity index (χ4n) is 4.01. The molecule has 3 aliphatic rings. The third kappa shape index (κ3) is 2.27. The van der Waals surface area contributed by atoms with E-state index in [1.165, 1.54) is 0 Å². The third-order valence-corrected chi connectivity index (χ3v) is 5.39. The quantitative estimate of drug-likeness (QED) is 0.726. The van der Waals surface area contributed by atoms with Crippen molar-refractivity contribution in [2.75, 3.05) is 39.4 Å². The number of ether oxygens (including phenoxy) is 1. The van der Waals surface area contributed by atoms with Gasteiger partial charge in [-0.05, 0) is 18.8 Å². The predicted molar refractivity (Wildman–Crippen MR) is 78.5 cm³/mol. The Balaban J connectivity index is 1.72. The van der Waals surface area contributed by atoms with Gasteiger partial charge in [0.05, 0.1) is 17.9 Å². The smallest absolute Gasteiger partial charge is 0.231 e. The second-order valence-corrected chi connectivity index (χ2v) is 6.63. The largest absolute Gasteiger partial charge is 0.381 e. The van der Waals surface area contributed by atoms with Gasteiger partial charge in [0, 0.05) is 32.8 Å². The molecule has 0 bridgehead atoms. The molecule has 3 atom stereocenters. The molecule has 0 aromatic carbocycles. The summed E-state index contributed by atoms with van der Waals surface area (Å²) >= 11 is 0. The summed E-state index contributed by atoms with van der Waals surface area (Å²) in [5.41, 5.74) is -0.363. The Hall–Kier alpha value is -1.36. The Morgan fingerprint density at radius 1 is 1.57 bits per heavy atom. The number of carbonyl (C=O) groups is 2. The molecule has 5 nitrogen and oxygen atoms in total. The van der Waals surface area contributed by atoms with Crippen molar-refractivity contribution in [1.29, 1.82) is 0 Å². The number of carbonyl (C=O) groups excluding carboxylic acids is 2. The van der Waals surface area contributed by atoms with Crippen LogP contribution in [-0.4, -0.2) is 61.0 Å². The van der Waals surface area contributed by atoms with E-state index in [4.69, 9.17) is 4.74 Å². The lowest BCUT2D eigenvalue weighted by atomic mass is 9.78. The van der Waals surface area contributed by atoms with E-state index in [-0.39, 0.29) is 29.1 Å². The molecular formula is C16H24N2O3. The number of nitrogens with zero attached hydrogens (tertiary/aromatic N) is 2. The lowest BCUT2D eigenvalue weighted by molar-refractivity contribution is -0.138. The molecule has 0 N–H and O–H groups in total. The van der Waals surface area contributed by atoms with E-state index in [1.54, 1.807) is 6.08 Å². The van der Waals surface area contributed by atoms with Crippen molar-refractivity contribution in [3.05, 3.63) is 12.7 Å². The van der Waals surface area contributed by atoms with E-state index in [0.717, 1.165) is 19.4 Å². The molecule has 0 radical (unpaired) electrons. The van der Waals surface area contributed by atoms with Gasteiger partial charge in [-0.15, -0.1) is 6.58 Å². The minimum Gasteiger partial charge on any atom is -0.381 e. The molecule has 0 aromatic heterocycles. The number of amides is 2. The first-order valence-corrected chi connectivity index (χ1v) is 7.85. The van der Waals surface area contributed by atoms with Crippen molar-refractivity contribution in [2.45, 2.75) is 19.8 Å². The maximum atomic E-state index is 12.7. The molecule has 116 valence electrons. The van der Waals surface area contributed by atoms with Crippen LogP contribution in [0.3, 0.4) is 0 Å². The highest BCUT2D eigenvalue weighted by atomic mass is 16.5. The van der Waals surface area contributed by atoms with Crippen molar-refractivity contribution in [2.24, 2.45) is 17.3 Å². The van der Waals surface area contributed by atoms with Gasteiger partial charge in [-0.1, -0.05) is 13.0 Å². The SMILES string of the molecule is C=CCN1CC[C@]2(CN(C(=O)C3CCOC3)C[C@H]2C)C1=O. The van der Waals surface area contributed by atoms with Crippen LogP contribution in [0.2, 0.25) is 0 Å². The zero-order valence-corrected chi connectivity index (χ0v) is 12.7. The van der Waals surface area contributed by atoms with Gasteiger partial charge in [0.25, 0.3) is 0 Å². The minimum absolute atomic E-state index is 0.00636. The van der Waals surface area contributed by atoms with Crippen LogP contribution in [0.25, 0.3) is 0 Å². The fourth-order valence-corrected chi connectivity index (χ4v) is 4.01. The maximum Gasteiger partial charge on any atom is 0.231 e. The first-order valence-electron chi connectivity index (χ1n) is 7.85. The van der Waals surface area contributed by atoms with Crippen LogP contribution in [0, 0.1) is 17.3 Å². The molecule has 3 fully saturated rings. The zero-order valence-electron chi connectivity index (χ0n) is 12.7. The molecule has 0 aromatic rings. The molecule has 3 rings (SSSR count). The molecule has 21 heavy (non-hydrogen) atoms. The van der Waals surface area contributed by atoms with Crippen LogP contribution in [0.5, 0.6) is 0 Å². The second-order valence-electron chi connectivity index (χ2n) is 6.63. The van der Waals surface area contributed by atoms with Crippen LogP contribution in [-0.2, 0) is 14.3 Å². The third-order valence-electron chi connectivity index (χ3n) is 5.39. The Bertz CT molecular complexity index is 458. The second kappa shape index (κ2) is 5.44. The van der Waals surface area contributed by atoms with E-state index >= 15 is 0 Å². The average molecular weight is 292 g/mol. The number of rotatable bonds is 3. The standard InChI is InChI=1S/C16H24N2O3/c1-3-6-17-7-5-16(15(17)20)11-18(9-12(16)2)14(19)13-4-8-21-10-13/h3,12-13H,1,4-11H2,2H3/t12-,13?,16-/m1/s1. The van der Waals surface area contributed by atoms with Crippen molar-refractivity contribution in [3.8, 4) is 0 Å². The van der Waals surface area contributed by atoms with Gasteiger partial charge in [0.15, 0.2) is 0 Å². The number of hydrogen-bond donors (Lipinski definition) is 0. The minimum atomic E-state index is -0.363. The highest BCUT2D eigenvalue weighted by Crippen LogP contribution is 2.45. The van der Waals surface area contributed by atoms with E-state index in [1.807, 2.05) is 9.80 Å². The molecule has 2 amide bonds. The number of likely N-dealkylation sites (tertiary alicyclic amines) is 2. The predicted octanol–water partition coefficient (Wildman–Crippen LogP) is 0.906. The zero-order chi connectivity index (χ0) is 15.0. The van der Waals surface area contributed by atoms with E-state index in [9.17, 15) is 9.59 Å². The normalized spacial score (nSPS) is 36.0. The van der Waals surface area contributed by atoms with Gasteiger partial charge in [0.2, 0.25) is 11.8 Å². The van der Waals surface area contributed by atoms with Crippen molar-refractivity contribution in [1.82, 2.24) is 9.80 Å².